The summed E-state index contributed by atoms with van der Waals surface area (Å²) < 4.78 is 17.8. The van der Waals surface area contributed by atoms with Crippen LogP contribution in [0.5, 0.6) is 0 Å². The van der Waals surface area contributed by atoms with Crippen molar-refractivity contribution in [1.29, 1.82) is 0 Å². The minimum atomic E-state index is -0.435. The van der Waals surface area contributed by atoms with E-state index in [1.165, 1.54) is 18.2 Å². The quantitative estimate of drug-likeness (QED) is 0.600. The molecule has 0 saturated carbocycles. The van der Waals surface area contributed by atoms with E-state index in [2.05, 4.69) is 0 Å². The number of benzene rings is 1. The molecule has 4 heteroatoms. The number of hydrogen-bond donors (Lipinski definition) is 0. The second-order valence-electron chi connectivity index (χ2n) is 3.25. The van der Waals surface area contributed by atoms with Crippen molar-refractivity contribution in [3.8, 4) is 0 Å². The molecule has 0 fully saturated rings. The molecule has 0 unspecified atom stereocenters. The molecule has 0 heterocycles. The summed E-state index contributed by atoms with van der Waals surface area (Å²) in [7, 11) is 0. The van der Waals surface area contributed by atoms with Crippen LogP contribution in [0.2, 0.25) is 5.02 Å². The fourth-order valence-electron chi connectivity index (χ4n) is 1.21. The Balaban J connectivity index is 2.93. The molecule has 0 radical (unpaired) electrons. The predicted octanol–water partition coefficient (Wildman–Crippen LogP) is 3.45. The van der Waals surface area contributed by atoms with Crippen molar-refractivity contribution in [2.75, 3.05) is 6.61 Å². The van der Waals surface area contributed by atoms with Gasteiger partial charge in [0.15, 0.2) is 0 Å². The van der Waals surface area contributed by atoms with Gasteiger partial charge in [-0.3, -0.25) is 0 Å². The third kappa shape index (κ3) is 3.66. The van der Waals surface area contributed by atoms with Crippen molar-refractivity contribution in [1.82, 2.24) is 0 Å². The Hall–Kier alpha value is -1.35. The van der Waals surface area contributed by atoms with Crippen molar-refractivity contribution in [2.45, 2.75) is 13.8 Å². The molecule has 0 aliphatic carbocycles. The van der Waals surface area contributed by atoms with Crippen LogP contribution in [0.4, 0.5) is 4.39 Å². The maximum Gasteiger partial charge on any atom is 0.333 e. The van der Waals surface area contributed by atoms with Crippen LogP contribution in [0.15, 0.2) is 23.8 Å². The molecule has 1 aromatic rings. The summed E-state index contributed by atoms with van der Waals surface area (Å²) in [5, 5.41) is 0.294. The molecule has 86 valence electrons. The third-order valence-electron chi connectivity index (χ3n) is 1.87. The maximum atomic E-state index is 13.0. The Bertz CT molecular complexity index is 407. The van der Waals surface area contributed by atoms with Crippen LogP contribution in [0, 0.1) is 5.82 Å². The highest BCUT2D eigenvalue weighted by molar-refractivity contribution is 6.30. The minimum absolute atomic E-state index is 0.294. The number of ether oxygens (including phenoxy) is 1. The molecular weight excluding hydrogens is 231 g/mol. The Labute approximate surface area is 98.7 Å². The summed E-state index contributed by atoms with van der Waals surface area (Å²) in [4.78, 5) is 11.3. The van der Waals surface area contributed by atoms with E-state index in [4.69, 9.17) is 16.3 Å². The van der Waals surface area contributed by atoms with E-state index < -0.39 is 11.8 Å². The number of hydrogen-bond acceptors (Lipinski definition) is 2. The second-order valence-corrected chi connectivity index (χ2v) is 3.69. The number of halogens is 2. The van der Waals surface area contributed by atoms with E-state index in [9.17, 15) is 9.18 Å². The van der Waals surface area contributed by atoms with Crippen LogP contribution in [-0.4, -0.2) is 12.6 Å². The van der Waals surface area contributed by atoms with Gasteiger partial charge >= 0.3 is 5.97 Å². The first-order valence-electron chi connectivity index (χ1n) is 4.84. The van der Waals surface area contributed by atoms with Crippen molar-refractivity contribution in [2.24, 2.45) is 0 Å². The Morgan fingerprint density at radius 1 is 1.50 bits per heavy atom. The fraction of sp³-hybridized carbons (Fsp3) is 0.250. The average molecular weight is 243 g/mol. The number of carbonyl (C=O) groups excluding carboxylic acids is 1. The zero-order valence-electron chi connectivity index (χ0n) is 9.09. The van der Waals surface area contributed by atoms with E-state index in [-0.39, 0.29) is 0 Å². The fourth-order valence-corrected chi connectivity index (χ4v) is 1.44. The molecule has 1 rings (SSSR count). The minimum Gasteiger partial charge on any atom is -0.463 e. The Morgan fingerprint density at radius 2 is 2.19 bits per heavy atom. The summed E-state index contributed by atoms with van der Waals surface area (Å²) in [5.74, 6) is -0.849. The van der Waals surface area contributed by atoms with E-state index in [0.29, 0.717) is 22.8 Å². The van der Waals surface area contributed by atoms with Crippen LogP contribution in [-0.2, 0) is 9.53 Å². The van der Waals surface area contributed by atoms with Crippen molar-refractivity contribution in [3.05, 3.63) is 40.2 Å². The summed E-state index contributed by atoms with van der Waals surface area (Å²) in [6.07, 6.45) is 1.53. The average Bonchev–Trinajstić information content (AvgIpc) is 2.16. The number of esters is 1. The van der Waals surface area contributed by atoms with Crippen LogP contribution < -0.4 is 0 Å². The van der Waals surface area contributed by atoms with Gasteiger partial charge in [0.05, 0.1) is 6.61 Å². The first-order valence-corrected chi connectivity index (χ1v) is 5.22. The first kappa shape index (κ1) is 12.7. The highest BCUT2D eigenvalue weighted by Crippen LogP contribution is 2.16. The molecule has 0 atom stereocenters. The van der Waals surface area contributed by atoms with E-state index in [1.54, 1.807) is 19.9 Å². The van der Waals surface area contributed by atoms with Crippen molar-refractivity contribution >= 4 is 23.6 Å². The molecule has 2 nitrogen and oxygen atoms in total. The van der Waals surface area contributed by atoms with E-state index in [0.717, 1.165) is 0 Å². The lowest BCUT2D eigenvalue weighted by atomic mass is 10.1. The highest BCUT2D eigenvalue weighted by atomic mass is 35.5. The maximum absolute atomic E-state index is 13.0. The first-order chi connectivity index (χ1) is 7.52. The van der Waals surface area contributed by atoms with Gasteiger partial charge in [-0.25, -0.2) is 9.18 Å². The molecule has 0 bridgehead atoms. The van der Waals surface area contributed by atoms with Gasteiger partial charge in [-0.05, 0) is 43.7 Å². The number of rotatable bonds is 3. The molecule has 1 aromatic carbocycles. The normalized spacial score (nSPS) is 11.4. The predicted molar refractivity (Wildman–Crippen MR) is 61.7 cm³/mol. The monoisotopic (exact) mass is 242 g/mol. The lowest BCUT2D eigenvalue weighted by Crippen LogP contribution is -2.04. The van der Waals surface area contributed by atoms with Crippen LogP contribution >= 0.6 is 11.6 Å². The van der Waals surface area contributed by atoms with E-state index in [1.807, 2.05) is 0 Å². The lowest BCUT2D eigenvalue weighted by Gasteiger charge is -2.02. The largest absolute Gasteiger partial charge is 0.463 e. The van der Waals surface area contributed by atoms with E-state index >= 15 is 0 Å². The Morgan fingerprint density at radius 3 is 2.75 bits per heavy atom. The summed E-state index contributed by atoms with van der Waals surface area (Å²) in [5.41, 5.74) is 0.944. The molecule has 0 aromatic heterocycles. The molecule has 16 heavy (non-hydrogen) atoms. The second kappa shape index (κ2) is 5.66. The van der Waals surface area contributed by atoms with Gasteiger partial charge in [0.2, 0.25) is 0 Å². The molecule has 0 saturated heterocycles. The summed E-state index contributed by atoms with van der Waals surface area (Å²) in [6, 6.07) is 4.08. The lowest BCUT2D eigenvalue weighted by molar-refractivity contribution is -0.138. The molecular formula is C12H12ClFO2. The Kier molecular flexibility index (Phi) is 4.50. The van der Waals surface area contributed by atoms with Crippen molar-refractivity contribution < 1.29 is 13.9 Å². The SMILES string of the molecule is CCOC(=O)/C(C)=C/c1cc(F)cc(Cl)c1. The number of carbonyl (C=O) groups is 1. The van der Waals surface area contributed by atoms with Gasteiger partial charge in [0, 0.05) is 10.6 Å². The van der Waals surface area contributed by atoms with Gasteiger partial charge < -0.3 is 4.74 Å². The van der Waals surface area contributed by atoms with Crippen LogP contribution in [0.25, 0.3) is 6.08 Å². The molecule has 0 aliphatic rings. The molecule has 0 amide bonds. The van der Waals surface area contributed by atoms with Gasteiger partial charge in [0.25, 0.3) is 0 Å². The molecule has 0 N–H and O–H groups in total. The summed E-state index contributed by atoms with van der Waals surface area (Å²) >= 11 is 5.69. The third-order valence-corrected chi connectivity index (χ3v) is 2.08. The van der Waals surface area contributed by atoms with Gasteiger partial charge in [-0.1, -0.05) is 11.6 Å². The topological polar surface area (TPSA) is 26.3 Å². The molecule has 0 aliphatic heterocycles. The van der Waals surface area contributed by atoms with Crippen LogP contribution in [0.1, 0.15) is 19.4 Å². The van der Waals surface area contributed by atoms with Gasteiger partial charge in [0.1, 0.15) is 5.82 Å². The van der Waals surface area contributed by atoms with Crippen LogP contribution in [0.3, 0.4) is 0 Å². The van der Waals surface area contributed by atoms with Gasteiger partial charge in [-0.2, -0.15) is 0 Å². The smallest absolute Gasteiger partial charge is 0.333 e. The molecule has 0 spiro atoms. The highest BCUT2D eigenvalue weighted by Gasteiger charge is 2.05. The zero-order chi connectivity index (χ0) is 12.1. The zero-order valence-corrected chi connectivity index (χ0v) is 9.84. The standard InChI is InChI=1S/C12H12ClFO2/c1-3-16-12(15)8(2)4-9-5-10(13)7-11(14)6-9/h4-7H,3H2,1-2H3/b8-4+. The summed E-state index contributed by atoms with van der Waals surface area (Å²) in [6.45, 7) is 3.65. The van der Waals surface area contributed by atoms with Crippen molar-refractivity contribution in [3.63, 3.8) is 0 Å². The van der Waals surface area contributed by atoms with Gasteiger partial charge in [-0.15, -0.1) is 0 Å².